The SMILES string of the molecule is CC1(C)c2ccccc2-c2c1ccc1c2Oc2cc(-c3ccc(-c4nc(-c5ccccc5)nc(-c5ccccc5)n4)cc3)ccc2O1. The van der Waals surface area contributed by atoms with E-state index in [-0.39, 0.29) is 5.41 Å². The van der Waals surface area contributed by atoms with E-state index in [4.69, 9.17) is 24.4 Å². The van der Waals surface area contributed by atoms with E-state index in [1.807, 2.05) is 72.8 Å². The summed E-state index contributed by atoms with van der Waals surface area (Å²) in [7, 11) is 0. The van der Waals surface area contributed by atoms with Crippen molar-refractivity contribution in [1.29, 1.82) is 0 Å². The fourth-order valence-electron chi connectivity index (χ4n) is 6.75. The van der Waals surface area contributed by atoms with Gasteiger partial charge in [-0.25, -0.2) is 15.0 Å². The lowest BCUT2D eigenvalue weighted by Gasteiger charge is -2.25. The van der Waals surface area contributed by atoms with Gasteiger partial charge in [-0.15, -0.1) is 0 Å². The van der Waals surface area contributed by atoms with Crippen LogP contribution in [0.1, 0.15) is 25.0 Å². The lowest BCUT2D eigenvalue weighted by Crippen LogP contribution is -2.15. The van der Waals surface area contributed by atoms with Gasteiger partial charge in [0.2, 0.25) is 0 Å². The zero-order valence-corrected chi connectivity index (χ0v) is 25.9. The average Bonchev–Trinajstić information content (AvgIpc) is 3.37. The first-order valence-electron chi connectivity index (χ1n) is 15.8. The third-order valence-electron chi connectivity index (χ3n) is 9.22. The van der Waals surface area contributed by atoms with Gasteiger partial charge in [0.05, 0.1) is 0 Å². The molecule has 0 radical (unpaired) electrons. The molecule has 6 aromatic carbocycles. The Balaban J connectivity index is 1.06. The predicted octanol–water partition coefficient (Wildman–Crippen LogP) is 10.7. The Morgan fingerprint density at radius 1 is 0.426 bits per heavy atom. The summed E-state index contributed by atoms with van der Waals surface area (Å²) in [6.45, 7) is 4.54. The molecule has 7 aromatic rings. The summed E-state index contributed by atoms with van der Waals surface area (Å²) < 4.78 is 13.1. The Morgan fingerprint density at radius 2 is 0.957 bits per heavy atom. The monoisotopic (exact) mass is 607 g/mol. The quantitative estimate of drug-likeness (QED) is 0.199. The number of benzene rings is 6. The van der Waals surface area contributed by atoms with E-state index >= 15 is 0 Å². The molecule has 0 spiro atoms. The van der Waals surface area contributed by atoms with Gasteiger partial charge in [0, 0.05) is 27.7 Å². The molecule has 0 N–H and O–H groups in total. The zero-order valence-electron chi connectivity index (χ0n) is 25.9. The van der Waals surface area contributed by atoms with Crippen LogP contribution in [0.15, 0.2) is 140 Å². The summed E-state index contributed by atoms with van der Waals surface area (Å²) in [6.07, 6.45) is 0. The first-order chi connectivity index (χ1) is 23.0. The molecule has 5 heteroatoms. The van der Waals surface area contributed by atoms with E-state index < -0.39 is 0 Å². The molecule has 2 aliphatic rings. The van der Waals surface area contributed by atoms with Crippen LogP contribution >= 0.6 is 0 Å². The molecule has 0 fully saturated rings. The van der Waals surface area contributed by atoms with Gasteiger partial charge in [-0.1, -0.05) is 135 Å². The summed E-state index contributed by atoms with van der Waals surface area (Å²) in [6, 6.07) is 47.3. The number of nitrogens with zero attached hydrogens (tertiary/aromatic N) is 3. The third-order valence-corrected chi connectivity index (χ3v) is 9.22. The Kier molecular flexibility index (Phi) is 6.09. The number of fused-ring (bicyclic) bond motifs is 6. The summed E-state index contributed by atoms with van der Waals surface area (Å²) in [5.41, 5.74) is 9.64. The van der Waals surface area contributed by atoms with Gasteiger partial charge in [-0.05, 0) is 46.0 Å². The predicted molar refractivity (Wildman–Crippen MR) is 186 cm³/mol. The molecular weight excluding hydrogens is 578 g/mol. The molecule has 0 saturated carbocycles. The van der Waals surface area contributed by atoms with Crippen molar-refractivity contribution in [1.82, 2.24) is 15.0 Å². The average molecular weight is 608 g/mol. The summed E-state index contributed by atoms with van der Waals surface area (Å²) in [5, 5.41) is 0. The van der Waals surface area contributed by atoms with Crippen LogP contribution in [0, 0.1) is 0 Å². The van der Waals surface area contributed by atoms with Crippen molar-refractivity contribution in [2.45, 2.75) is 19.3 Å². The van der Waals surface area contributed by atoms with Crippen molar-refractivity contribution >= 4 is 0 Å². The molecule has 0 bridgehead atoms. The van der Waals surface area contributed by atoms with Crippen molar-refractivity contribution in [3.63, 3.8) is 0 Å². The molecule has 224 valence electrons. The highest BCUT2D eigenvalue weighted by molar-refractivity contribution is 5.88. The van der Waals surface area contributed by atoms with Crippen LogP contribution in [-0.4, -0.2) is 15.0 Å². The van der Waals surface area contributed by atoms with Gasteiger partial charge >= 0.3 is 0 Å². The number of rotatable bonds is 4. The maximum absolute atomic E-state index is 6.68. The maximum atomic E-state index is 6.68. The first kappa shape index (κ1) is 27.3. The summed E-state index contributed by atoms with van der Waals surface area (Å²) in [4.78, 5) is 14.6. The van der Waals surface area contributed by atoms with Gasteiger partial charge in [-0.2, -0.15) is 0 Å². The van der Waals surface area contributed by atoms with E-state index in [9.17, 15) is 0 Å². The van der Waals surface area contributed by atoms with Gasteiger partial charge in [-0.3, -0.25) is 0 Å². The van der Waals surface area contributed by atoms with Crippen molar-refractivity contribution in [2.75, 3.05) is 0 Å². The Bertz CT molecular complexity index is 2260. The summed E-state index contributed by atoms with van der Waals surface area (Å²) >= 11 is 0. The minimum atomic E-state index is -0.115. The molecule has 0 atom stereocenters. The van der Waals surface area contributed by atoms with Crippen molar-refractivity contribution in [3.8, 4) is 79.4 Å². The van der Waals surface area contributed by atoms with Crippen LogP contribution in [0.4, 0.5) is 0 Å². The van der Waals surface area contributed by atoms with Crippen molar-refractivity contribution < 1.29 is 9.47 Å². The summed E-state index contributed by atoms with van der Waals surface area (Å²) in [5.74, 6) is 4.83. The molecule has 9 rings (SSSR count). The number of hydrogen-bond donors (Lipinski definition) is 0. The second-order valence-corrected chi connectivity index (χ2v) is 12.5. The highest BCUT2D eigenvalue weighted by atomic mass is 16.6. The van der Waals surface area contributed by atoms with E-state index in [0.717, 1.165) is 44.9 Å². The highest BCUT2D eigenvalue weighted by Gasteiger charge is 2.39. The fraction of sp³-hybridized carbons (Fsp3) is 0.0714. The zero-order chi connectivity index (χ0) is 31.5. The second-order valence-electron chi connectivity index (χ2n) is 12.5. The second kappa shape index (κ2) is 10.5. The molecular formula is C42H29N3O2. The van der Waals surface area contributed by atoms with E-state index in [1.165, 1.54) is 16.7 Å². The molecule has 47 heavy (non-hydrogen) atoms. The lowest BCUT2D eigenvalue weighted by molar-refractivity contribution is 0.360. The smallest absolute Gasteiger partial charge is 0.178 e. The minimum Gasteiger partial charge on any atom is -0.449 e. The normalized spacial score (nSPS) is 13.4. The topological polar surface area (TPSA) is 57.1 Å². The van der Waals surface area contributed by atoms with Crippen LogP contribution < -0.4 is 9.47 Å². The van der Waals surface area contributed by atoms with Gasteiger partial charge in [0.15, 0.2) is 40.5 Å². The van der Waals surface area contributed by atoms with Crippen LogP contribution in [0.5, 0.6) is 23.0 Å². The first-order valence-corrected chi connectivity index (χ1v) is 15.8. The Morgan fingerprint density at radius 3 is 1.62 bits per heavy atom. The maximum Gasteiger partial charge on any atom is 0.178 e. The fourth-order valence-corrected chi connectivity index (χ4v) is 6.75. The molecule has 1 aliphatic carbocycles. The molecule has 1 aliphatic heterocycles. The van der Waals surface area contributed by atoms with Gasteiger partial charge in [0.25, 0.3) is 0 Å². The number of hydrogen-bond acceptors (Lipinski definition) is 5. The van der Waals surface area contributed by atoms with Crippen molar-refractivity contribution in [3.05, 3.63) is 151 Å². The van der Waals surface area contributed by atoms with E-state index in [2.05, 4.69) is 80.6 Å². The lowest BCUT2D eigenvalue weighted by atomic mass is 9.82. The standard InChI is InChI=1S/C42H29N3O2/c1-42(2)32-16-10-9-15-31(32)37-33(42)22-24-35-38(37)47-36-25-30(21-23-34(36)46-35)26-17-19-29(20-18-26)41-44-39(27-11-5-3-6-12-27)43-40(45-41)28-13-7-4-8-14-28/h3-25H,1-2H3. The van der Waals surface area contributed by atoms with Crippen molar-refractivity contribution in [2.24, 2.45) is 0 Å². The Labute approximate surface area is 273 Å². The van der Waals surface area contributed by atoms with Crippen LogP contribution in [0.25, 0.3) is 56.4 Å². The molecule has 0 saturated heterocycles. The largest absolute Gasteiger partial charge is 0.449 e. The van der Waals surface area contributed by atoms with Crippen LogP contribution in [0.3, 0.4) is 0 Å². The van der Waals surface area contributed by atoms with Gasteiger partial charge < -0.3 is 9.47 Å². The van der Waals surface area contributed by atoms with E-state index in [0.29, 0.717) is 29.0 Å². The molecule has 0 amide bonds. The van der Waals surface area contributed by atoms with E-state index in [1.54, 1.807) is 0 Å². The number of ether oxygens (including phenoxy) is 2. The highest BCUT2D eigenvalue weighted by Crippen LogP contribution is 2.58. The van der Waals surface area contributed by atoms with Crippen LogP contribution in [-0.2, 0) is 5.41 Å². The molecule has 5 nitrogen and oxygen atoms in total. The molecule has 0 unspecified atom stereocenters. The van der Waals surface area contributed by atoms with Gasteiger partial charge in [0.1, 0.15) is 0 Å². The third kappa shape index (κ3) is 4.50. The minimum absolute atomic E-state index is 0.115. The molecule has 1 aromatic heterocycles. The Hall–Kier alpha value is -6.07. The van der Waals surface area contributed by atoms with Crippen LogP contribution in [0.2, 0.25) is 0 Å². The number of aromatic nitrogens is 3. The molecule has 2 heterocycles.